The van der Waals surface area contributed by atoms with Crippen molar-refractivity contribution in [1.82, 2.24) is 25.3 Å². The van der Waals surface area contributed by atoms with E-state index in [0.717, 1.165) is 82.4 Å². The molecular formula is C26H32N6. The molecule has 0 aliphatic carbocycles. The molecule has 0 radical (unpaired) electrons. The summed E-state index contributed by atoms with van der Waals surface area (Å²) in [5.74, 6) is 1.04. The Hall–Kier alpha value is -3.25. The van der Waals surface area contributed by atoms with E-state index in [0.29, 0.717) is 0 Å². The van der Waals surface area contributed by atoms with E-state index in [1.165, 1.54) is 0 Å². The van der Waals surface area contributed by atoms with Crippen molar-refractivity contribution < 1.29 is 0 Å². The van der Waals surface area contributed by atoms with Crippen molar-refractivity contribution in [3.8, 4) is 22.4 Å². The van der Waals surface area contributed by atoms with Crippen LogP contribution in [0, 0.1) is 20.8 Å². The highest BCUT2D eigenvalue weighted by molar-refractivity contribution is 5.90. The maximum Gasteiger partial charge on any atom is 0.128 e. The van der Waals surface area contributed by atoms with E-state index in [2.05, 4.69) is 57.4 Å². The van der Waals surface area contributed by atoms with Gasteiger partial charge in [0, 0.05) is 72.2 Å². The Kier molecular flexibility index (Phi) is 6.51. The summed E-state index contributed by atoms with van der Waals surface area (Å²) in [6, 6.07) is 10.6. The van der Waals surface area contributed by atoms with Crippen LogP contribution in [-0.2, 0) is 0 Å². The van der Waals surface area contributed by atoms with E-state index in [9.17, 15) is 0 Å². The number of aromatic nitrogens is 4. The molecule has 2 N–H and O–H groups in total. The molecule has 0 saturated carbocycles. The van der Waals surface area contributed by atoms with Crippen LogP contribution >= 0.6 is 0 Å². The second-order valence-corrected chi connectivity index (χ2v) is 8.03. The number of nitrogens with one attached hydrogen (secondary N) is 2. The fourth-order valence-electron chi connectivity index (χ4n) is 4.27. The highest BCUT2D eigenvalue weighted by Crippen LogP contribution is 2.31. The van der Waals surface area contributed by atoms with Crippen molar-refractivity contribution in [1.29, 1.82) is 0 Å². The number of hydrogen-bond donors (Lipinski definition) is 2. The molecular weight excluding hydrogens is 396 g/mol. The lowest BCUT2D eigenvalue weighted by atomic mass is 10.1. The molecule has 1 aliphatic rings. The van der Waals surface area contributed by atoms with Crippen LogP contribution < -0.4 is 10.2 Å². The molecule has 0 bridgehead atoms. The highest BCUT2D eigenvalue weighted by Gasteiger charge is 2.14. The number of aryl methyl sites for hydroxylation is 3. The first-order valence-corrected chi connectivity index (χ1v) is 11.4. The van der Waals surface area contributed by atoms with Gasteiger partial charge in [0.15, 0.2) is 0 Å². The molecule has 4 aromatic heterocycles. The maximum atomic E-state index is 4.77. The molecule has 4 aromatic rings. The molecule has 6 nitrogen and oxygen atoms in total. The largest absolute Gasteiger partial charge is 0.354 e. The molecule has 32 heavy (non-hydrogen) atoms. The number of nitrogens with zero attached hydrogens (tertiary/aromatic N) is 4. The third kappa shape index (κ3) is 4.36. The van der Waals surface area contributed by atoms with Gasteiger partial charge in [-0.25, -0.2) is 4.98 Å². The summed E-state index contributed by atoms with van der Waals surface area (Å²) < 4.78 is 0. The number of fused-ring (bicyclic) bond motifs is 1. The minimum absolute atomic E-state index is 0.998. The van der Waals surface area contributed by atoms with Gasteiger partial charge in [-0.2, -0.15) is 0 Å². The zero-order chi connectivity index (χ0) is 22.7. The van der Waals surface area contributed by atoms with Crippen molar-refractivity contribution in [2.75, 3.05) is 31.1 Å². The van der Waals surface area contributed by atoms with Crippen molar-refractivity contribution in [3.05, 3.63) is 59.7 Å². The Labute approximate surface area is 190 Å². The Morgan fingerprint density at radius 1 is 0.812 bits per heavy atom. The molecule has 166 valence electrons. The fraction of sp³-hybridized carbons (Fsp3) is 0.346. The average molecular weight is 429 g/mol. The maximum absolute atomic E-state index is 4.77. The molecule has 1 fully saturated rings. The van der Waals surface area contributed by atoms with Gasteiger partial charge < -0.3 is 15.2 Å². The van der Waals surface area contributed by atoms with Gasteiger partial charge in [-0.15, -0.1) is 0 Å². The van der Waals surface area contributed by atoms with Crippen LogP contribution in [0.4, 0.5) is 5.82 Å². The first kappa shape index (κ1) is 22.0. The first-order valence-electron chi connectivity index (χ1n) is 11.4. The smallest absolute Gasteiger partial charge is 0.128 e. The lowest BCUT2D eigenvalue weighted by Gasteiger charge is -2.28. The first-order chi connectivity index (χ1) is 15.6. The van der Waals surface area contributed by atoms with Crippen LogP contribution in [0.15, 0.2) is 42.7 Å². The van der Waals surface area contributed by atoms with Gasteiger partial charge in [-0.1, -0.05) is 13.8 Å². The van der Waals surface area contributed by atoms with Crippen molar-refractivity contribution >= 4 is 16.9 Å². The van der Waals surface area contributed by atoms with Crippen LogP contribution in [0.3, 0.4) is 0 Å². The molecule has 6 heteroatoms. The topological polar surface area (TPSA) is 69.7 Å². The lowest BCUT2D eigenvalue weighted by molar-refractivity contribution is 0.585. The van der Waals surface area contributed by atoms with Crippen LogP contribution in [0.25, 0.3) is 33.4 Å². The van der Waals surface area contributed by atoms with Gasteiger partial charge >= 0.3 is 0 Å². The van der Waals surface area contributed by atoms with Gasteiger partial charge in [-0.05, 0) is 51.1 Å². The van der Waals surface area contributed by atoms with Crippen molar-refractivity contribution in [3.63, 3.8) is 0 Å². The normalized spacial score (nSPS) is 13.7. The number of rotatable bonds is 3. The third-order valence-electron chi connectivity index (χ3n) is 5.77. The monoisotopic (exact) mass is 428 g/mol. The average Bonchev–Trinajstić information content (AvgIpc) is 3.16. The molecule has 1 aliphatic heterocycles. The highest BCUT2D eigenvalue weighted by atomic mass is 15.2. The van der Waals surface area contributed by atoms with Crippen LogP contribution in [0.2, 0.25) is 0 Å². The number of H-pyrrole nitrogens is 1. The molecule has 0 amide bonds. The van der Waals surface area contributed by atoms with Crippen molar-refractivity contribution in [2.45, 2.75) is 34.6 Å². The molecule has 0 aromatic carbocycles. The minimum atomic E-state index is 0.998. The summed E-state index contributed by atoms with van der Waals surface area (Å²) >= 11 is 0. The lowest BCUT2D eigenvalue weighted by Crippen LogP contribution is -2.43. The number of hydrogen-bond acceptors (Lipinski definition) is 5. The fourth-order valence-corrected chi connectivity index (χ4v) is 4.27. The summed E-state index contributed by atoms with van der Waals surface area (Å²) in [5.41, 5.74) is 9.65. The number of piperazine rings is 1. The van der Waals surface area contributed by atoms with E-state index < -0.39 is 0 Å². The molecule has 1 saturated heterocycles. The SMILES string of the molecule is CC.Cc1cc(-c2[nH]c3cc(-c4ccc(N5CCNCC5)nc4)cnc3c2C)cc(C)n1. The van der Waals surface area contributed by atoms with Gasteiger partial charge in [0.25, 0.3) is 0 Å². The molecule has 5 rings (SSSR count). The number of aromatic amines is 1. The Morgan fingerprint density at radius 3 is 2.16 bits per heavy atom. The molecule has 0 unspecified atom stereocenters. The summed E-state index contributed by atoms with van der Waals surface area (Å²) in [4.78, 5) is 19.9. The number of pyridine rings is 3. The Balaban J connectivity index is 0.00000119. The van der Waals surface area contributed by atoms with Gasteiger partial charge in [0.1, 0.15) is 5.82 Å². The van der Waals surface area contributed by atoms with Crippen molar-refractivity contribution in [2.24, 2.45) is 0 Å². The Morgan fingerprint density at radius 2 is 1.50 bits per heavy atom. The molecule has 0 spiro atoms. The zero-order valence-electron chi connectivity index (χ0n) is 19.7. The van der Waals surface area contributed by atoms with Gasteiger partial charge in [-0.3, -0.25) is 9.97 Å². The van der Waals surface area contributed by atoms with Gasteiger partial charge in [0.05, 0.1) is 16.7 Å². The van der Waals surface area contributed by atoms with Crippen LogP contribution in [0.1, 0.15) is 30.8 Å². The summed E-state index contributed by atoms with van der Waals surface area (Å²) in [6.07, 6.45) is 3.89. The second-order valence-electron chi connectivity index (χ2n) is 8.03. The molecule has 5 heterocycles. The minimum Gasteiger partial charge on any atom is -0.354 e. The molecule has 0 atom stereocenters. The van der Waals surface area contributed by atoms with E-state index >= 15 is 0 Å². The van der Waals surface area contributed by atoms with Crippen LogP contribution in [0.5, 0.6) is 0 Å². The second kappa shape index (κ2) is 9.49. The van der Waals surface area contributed by atoms with Gasteiger partial charge in [0.2, 0.25) is 0 Å². The summed E-state index contributed by atoms with van der Waals surface area (Å²) in [7, 11) is 0. The van der Waals surface area contributed by atoms with E-state index in [4.69, 9.17) is 9.97 Å². The quantitative estimate of drug-likeness (QED) is 0.478. The van der Waals surface area contributed by atoms with E-state index in [-0.39, 0.29) is 0 Å². The zero-order valence-corrected chi connectivity index (χ0v) is 19.7. The summed E-state index contributed by atoms with van der Waals surface area (Å²) in [6.45, 7) is 14.2. The predicted octanol–water partition coefficient (Wildman–Crippen LogP) is 5.05. The third-order valence-corrected chi connectivity index (χ3v) is 5.77. The standard InChI is InChI=1S/C24H26N6.C2H6/c1-15-10-19(11-16(2)28-15)23-17(3)24-21(29-23)12-20(14-27-24)18-4-5-22(26-13-18)30-8-6-25-7-9-30;1-2/h4-5,10-14,25,29H,6-9H2,1-3H3;1-2H3. The van der Waals surface area contributed by atoms with E-state index in [1.807, 2.05) is 40.1 Å². The summed E-state index contributed by atoms with van der Waals surface area (Å²) in [5, 5.41) is 3.38. The Bertz CT molecular complexity index is 1180. The predicted molar refractivity (Wildman–Crippen MR) is 133 cm³/mol. The van der Waals surface area contributed by atoms with E-state index in [1.54, 1.807) is 0 Å². The van der Waals surface area contributed by atoms with Crippen LogP contribution in [-0.4, -0.2) is 46.1 Å². The number of anilines is 1.